The Morgan fingerprint density at radius 3 is 2.65 bits per heavy atom. The Balaban J connectivity index is 2.88. The van der Waals surface area contributed by atoms with Gasteiger partial charge in [-0.1, -0.05) is 18.5 Å². The Labute approximate surface area is 111 Å². The van der Waals surface area contributed by atoms with E-state index < -0.39 is 10.0 Å². The molecular weight excluding hydrogens is 282 g/mol. The molecule has 0 bridgehead atoms. The smallest absolute Gasteiger partial charge is 0.250 e. The third-order valence-electron chi connectivity index (χ3n) is 2.39. The minimum Gasteiger partial charge on any atom is -0.396 e. The van der Waals surface area contributed by atoms with Crippen LogP contribution in [0.5, 0.6) is 0 Å². The highest BCUT2D eigenvalue weighted by Crippen LogP contribution is 2.30. The van der Waals surface area contributed by atoms with Gasteiger partial charge in [-0.2, -0.15) is 0 Å². The molecule has 2 N–H and O–H groups in total. The van der Waals surface area contributed by atoms with Gasteiger partial charge in [0.15, 0.2) is 0 Å². The number of nitrogens with one attached hydrogen (secondary N) is 1. The molecule has 0 aliphatic carbocycles. The number of thiophene rings is 1. The topological polar surface area (TPSA) is 66.4 Å². The summed E-state index contributed by atoms with van der Waals surface area (Å²) in [6.07, 6.45) is 1.05. The molecule has 0 radical (unpaired) electrons. The maximum Gasteiger partial charge on any atom is 0.250 e. The maximum atomic E-state index is 12.0. The monoisotopic (exact) mass is 297 g/mol. The van der Waals surface area contributed by atoms with Gasteiger partial charge < -0.3 is 5.11 Å². The SMILES string of the molecule is CCC(CCO)NS(=O)(=O)c1cc(C)c(Cl)s1. The quantitative estimate of drug-likeness (QED) is 0.845. The number of hydrogen-bond donors (Lipinski definition) is 2. The second-order valence-electron chi connectivity index (χ2n) is 3.76. The average Bonchev–Trinajstić information content (AvgIpc) is 2.59. The minimum atomic E-state index is -3.52. The molecule has 1 aromatic rings. The van der Waals surface area contributed by atoms with Crippen molar-refractivity contribution in [3.63, 3.8) is 0 Å². The van der Waals surface area contributed by atoms with E-state index in [0.29, 0.717) is 17.2 Å². The van der Waals surface area contributed by atoms with E-state index in [2.05, 4.69) is 4.72 Å². The summed E-state index contributed by atoms with van der Waals surface area (Å²) in [4.78, 5) is 0. The molecule has 4 nitrogen and oxygen atoms in total. The lowest BCUT2D eigenvalue weighted by Gasteiger charge is -2.14. The Bertz CT molecular complexity index is 450. The molecule has 0 aromatic carbocycles. The highest BCUT2D eigenvalue weighted by molar-refractivity contribution is 7.91. The first-order valence-electron chi connectivity index (χ1n) is 5.29. The van der Waals surface area contributed by atoms with E-state index in [1.54, 1.807) is 13.0 Å². The molecule has 1 rings (SSSR count). The van der Waals surface area contributed by atoms with Gasteiger partial charge in [0.2, 0.25) is 10.0 Å². The van der Waals surface area contributed by atoms with Crippen LogP contribution in [0.3, 0.4) is 0 Å². The molecule has 1 atom stereocenters. The molecule has 0 aliphatic heterocycles. The van der Waals surface area contributed by atoms with Gasteiger partial charge in [-0.25, -0.2) is 13.1 Å². The van der Waals surface area contributed by atoms with Gasteiger partial charge in [0.25, 0.3) is 0 Å². The zero-order chi connectivity index (χ0) is 13.1. The van der Waals surface area contributed by atoms with Crippen molar-refractivity contribution in [1.29, 1.82) is 0 Å². The first kappa shape index (κ1) is 14.9. The Morgan fingerprint density at radius 2 is 2.24 bits per heavy atom. The molecule has 1 heterocycles. The van der Waals surface area contributed by atoms with Crippen molar-refractivity contribution in [2.75, 3.05) is 6.61 Å². The molecule has 0 saturated carbocycles. The van der Waals surface area contributed by atoms with Crippen LogP contribution in [0.25, 0.3) is 0 Å². The summed E-state index contributed by atoms with van der Waals surface area (Å²) in [5.74, 6) is 0. The van der Waals surface area contributed by atoms with E-state index in [0.717, 1.165) is 16.9 Å². The molecule has 0 amide bonds. The molecule has 1 aromatic heterocycles. The number of halogens is 1. The third kappa shape index (κ3) is 3.93. The van der Waals surface area contributed by atoms with Crippen LogP contribution in [0.2, 0.25) is 4.34 Å². The van der Waals surface area contributed by atoms with E-state index in [9.17, 15) is 8.42 Å². The second-order valence-corrected chi connectivity index (χ2v) is 7.36. The van der Waals surface area contributed by atoms with Crippen LogP contribution in [0, 0.1) is 6.92 Å². The number of aliphatic hydroxyl groups is 1. The fraction of sp³-hybridized carbons (Fsp3) is 0.600. The number of rotatable bonds is 6. The van der Waals surface area contributed by atoms with Gasteiger partial charge in [0, 0.05) is 12.6 Å². The number of hydrogen-bond acceptors (Lipinski definition) is 4. The van der Waals surface area contributed by atoms with Crippen LogP contribution >= 0.6 is 22.9 Å². The van der Waals surface area contributed by atoms with Crippen molar-refractivity contribution in [3.8, 4) is 0 Å². The van der Waals surface area contributed by atoms with Gasteiger partial charge >= 0.3 is 0 Å². The van der Waals surface area contributed by atoms with Crippen LogP contribution in [-0.4, -0.2) is 26.2 Å². The summed E-state index contributed by atoms with van der Waals surface area (Å²) >= 11 is 6.90. The lowest BCUT2D eigenvalue weighted by atomic mass is 10.2. The lowest BCUT2D eigenvalue weighted by molar-refractivity contribution is 0.270. The standard InChI is InChI=1S/C10H16ClNO3S2/c1-3-8(4-5-13)12-17(14,15)9-6-7(2)10(11)16-9/h6,8,12-13H,3-5H2,1-2H3. The molecule has 0 fully saturated rings. The van der Waals surface area contributed by atoms with Crippen molar-refractivity contribution >= 4 is 33.0 Å². The molecule has 0 aliphatic rings. The predicted octanol–water partition coefficient (Wildman–Crippen LogP) is 2.15. The summed E-state index contributed by atoms with van der Waals surface area (Å²) < 4.78 is 27.3. The van der Waals surface area contributed by atoms with Crippen molar-refractivity contribution in [2.45, 2.75) is 36.9 Å². The number of sulfonamides is 1. The van der Waals surface area contributed by atoms with E-state index >= 15 is 0 Å². The first-order valence-corrected chi connectivity index (χ1v) is 7.97. The molecule has 17 heavy (non-hydrogen) atoms. The molecule has 1 unspecified atom stereocenters. The van der Waals surface area contributed by atoms with Crippen LogP contribution in [-0.2, 0) is 10.0 Å². The Morgan fingerprint density at radius 1 is 1.59 bits per heavy atom. The van der Waals surface area contributed by atoms with Gasteiger partial charge in [0.1, 0.15) is 4.21 Å². The lowest BCUT2D eigenvalue weighted by Crippen LogP contribution is -2.34. The van der Waals surface area contributed by atoms with Crippen LogP contribution in [0.1, 0.15) is 25.3 Å². The summed E-state index contributed by atoms with van der Waals surface area (Å²) in [6.45, 7) is 3.60. The molecular formula is C10H16ClNO3S2. The van der Waals surface area contributed by atoms with Crippen molar-refractivity contribution < 1.29 is 13.5 Å². The number of aliphatic hydroxyl groups excluding tert-OH is 1. The summed E-state index contributed by atoms with van der Waals surface area (Å²) in [5.41, 5.74) is 0.757. The summed E-state index contributed by atoms with van der Waals surface area (Å²) in [5, 5.41) is 8.83. The van der Waals surface area contributed by atoms with E-state index in [-0.39, 0.29) is 16.9 Å². The van der Waals surface area contributed by atoms with E-state index in [4.69, 9.17) is 16.7 Å². The molecule has 0 spiro atoms. The molecule has 0 saturated heterocycles. The van der Waals surface area contributed by atoms with Crippen molar-refractivity contribution in [2.24, 2.45) is 0 Å². The first-order chi connectivity index (χ1) is 7.90. The van der Waals surface area contributed by atoms with Crippen LogP contribution in [0.4, 0.5) is 0 Å². The largest absolute Gasteiger partial charge is 0.396 e. The van der Waals surface area contributed by atoms with Crippen molar-refractivity contribution in [3.05, 3.63) is 16.0 Å². The molecule has 7 heteroatoms. The van der Waals surface area contributed by atoms with Crippen LogP contribution < -0.4 is 4.72 Å². The predicted molar refractivity (Wildman–Crippen MR) is 70.2 cm³/mol. The normalized spacial score (nSPS) is 13.9. The molecule has 98 valence electrons. The Kier molecular flexibility index (Phi) is 5.40. The maximum absolute atomic E-state index is 12.0. The van der Waals surface area contributed by atoms with E-state index in [1.165, 1.54) is 0 Å². The van der Waals surface area contributed by atoms with Crippen molar-refractivity contribution in [1.82, 2.24) is 4.72 Å². The Hall–Kier alpha value is -0.140. The fourth-order valence-electron chi connectivity index (χ4n) is 1.34. The summed E-state index contributed by atoms with van der Waals surface area (Å²) in [6, 6.07) is 1.31. The zero-order valence-electron chi connectivity index (χ0n) is 9.73. The second kappa shape index (κ2) is 6.15. The number of aryl methyl sites for hydroxylation is 1. The van der Waals surface area contributed by atoms with Gasteiger partial charge in [-0.15, -0.1) is 11.3 Å². The minimum absolute atomic E-state index is 0.0365. The van der Waals surface area contributed by atoms with Crippen LogP contribution in [0.15, 0.2) is 10.3 Å². The zero-order valence-corrected chi connectivity index (χ0v) is 12.1. The van der Waals surface area contributed by atoms with Gasteiger partial charge in [-0.05, 0) is 31.4 Å². The average molecular weight is 298 g/mol. The third-order valence-corrected chi connectivity index (χ3v) is 5.94. The fourth-order valence-corrected chi connectivity index (χ4v) is 4.42. The highest BCUT2D eigenvalue weighted by Gasteiger charge is 2.21. The summed E-state index contributed by atoms with van der Waals surface area (Å²) in [7, 11) is -3.52. The van der Waals surface area contributed by atoms with Gasteiger partial charge in [0.05, 0.1) is 4.34 Å². The van der Waals surface area contributed by atoms with E-state index in [1.807, 2.05) is 6.92 Å². The highest BCUT2D eigenvalue weighted by atomic mass is 35.5. The van der Waals surface area contributed by atoms with Gasteiger partial charge in [-0.3, -0.25) is 0 Å².